The summed E-state index contributed by atoms with van der Waals surface area (Å²) >= 11 is 1.04. The molecule has 9 heteroatoms. The minimum absolute atomic E-state index is 0.0212. The second-order valence-corrected chi connectivity index (χ2v) is 8.12. The highest BCUT2D eigenvalue weighted by molar-refractivity contribution is 7.17. The zero-order valence-corrected chi connectivity index (χ0v) is 19.3. The summed E-state index contributed by atoms with van der Waals surface area (Å²) < 4.78 is 10.2. The summed E-state index contributed by atoms with van der Waals surface area (Å²) in [5.74, 6) is -2.03. The van der Waals surface area contributed by atoms with Gasteiger partial charge in [-0.25, -0.2) is 14.6 Å². The Hall–Kier alpha value is -3.72. The van der Waals surface area contributed by atoms with Crippen LogP contribution in [0.5, 0.6) is 5.75 Å². The van der Waals surface area contributed by atoms with E-state index in [2.05, 4.69) is 4.98 Å². The number of phenols is 1. The van der Waals surface area contributed by atoms with Crippen LogP contribution in [0, 0.1) is 13.8 Å². The van der Waals surface area contributed by atoms with Gasteiger partial charge in [-0.1, -0.05) is 53.8 Å². The van der Waals surface area contributed by atoms with Crippen LogP contribution >= 0.6 is 11.3 Å². The van der Waals surface area contributed by atoms with Crippen molar-refractivity contribution in [2.75, 3.05) is 18.1 Å². The number of anilines is 1. The van der Waals surface area contributed by atoms with Crippen molar-refractivity contribution in [2.45, 2.75) is 27.3 Å². The first kappa shape index (κ1) is 23.9. The van der Waals surface area contributed by atoms with Crippen LogP contribution in [0.3, 0.4) is 0 Å². The molecule has 1 N–H and O–H groups in total. The molecule has 0 aliphatic heterocycles. The van der Waals surface area contributed by atoms with Gasteiger partial charge in [0.05, 0.1) is 18.8 Å². The summed E-state index contributed by atoms with van der Waals surface area (Å²) in [4.78, 5) is 43.8. The van der Waals surface area contributed by atoms with E-state index in [9.17, 15) is 19.5 Å². The van der Waals surface area contributed by atoms with Crippen LogP contribution < -0.4 is 4.90 Å². The number of hydrogen-bond donors (Lipinski definition) is 1. The molecule has 0 saturated heterocycles. The Morgan fingerprint density at radius 1 is 1.00 bits per heavy atom. The summed E-state index contributed by atoms with van der Waals surface area (Å²) in [6, 6.07) is 13.9. The number of hydrogen-bond acceptors (Lipinski definition) is 8. The van der Waals surface area contributed by atoms with E-state index in [4.69, 9.17) is 9.47 Å². The molecule has 1 heterocycles. The van der Waals surface area contributed by atoms with Crippen molar-refractivity contribution in [3.05, 3.63) is 75.8 Å². The van der Waals surface area contributed by atoms with E-state index in [-0.39, 0.29) is 24.5 Å². The van der Waals surface area contributed by atoms with Crippen LogP contribution in [0.4, 0.5) is 5.13 Å². The van der Waals surface area contributed by atoms with Gasteiger partial charge in [0.25, 0.3) is 5.91 Å². The third-order valence-corrected chi connectivity index (χ3v) is 5.91. The van der Waals surface area contributed by atoms with Crippen molar-refractivity contribution in [3.63, 3.8) is 0 Å². The van der Waals surface area contributed by atoms with Crippen molar-refractivity contribution in [1.29, 1.82) is 0 Å². The summed E-state index contributed by atoms with van der Waals surface area (Å²) in [6.07, 6.45) is 0. The Morgan fingerprint density at radius 3 is 2.42 bits per heavy atom. The van der Waals surface area contributed by atoms with E-state index in [0.29, 0.717) is 21.3 Å². The van der Waals surface area contributed by atoms with Crippen molar-refractivity contribution in [1.82, 2.24) is 4.98 Å². The number of rotatable bonds is 8. The molecule has 0 saturated carbocycles. The predicted octanol–water partition coefficient (Wildman–Crippen LogP) is 4.03. The number of aromatic hydroxyl groups is 1. The molecular formula is C24H24N2O6S. The van der Waals surface area contributed by atoms with Gasteiger partial charge in [-0.3, -0.25) is 9.69 Å². The molecule has 172 valence electrons. The highest BCUT2D eigenvalue weighted by Gasteiger charge is 2.25. The Balaban J connectivity index is 1.83. The number of aryl methyl sites for hydroxylation is 2. The maximum atomic E-state index is 13.1. The Labute approximate surface area is 195 Å². The molecule has 0 spiro atoms. The summed E-state index contributed by atoms with van der Waals surface area (Å²) in [7, 11) is 0. The Kier molecular flexibility index (Phi) is 7.78. The highest BCUT2D eigenvalue weighted by atomic mass is 32.1. The van der Waals surface area contributed by atoms with Crippen LogP contribution in [0.25, 0.3) is 0 Å². The number of esters is 2. The average Bonchev–Trinajstić information content (AvgIpc) is 3.19. The molecular weight excluding hydrogens is 444 g/mol. The van der Waals surface area contributed by atoms with Crippen molar-refractivity contribution < 1.29 is 29.0 Å². The molecule has 3 rings (SSSR count). The molecule has 0 radical (unpaired) electrons. The Bertz CT molecular complexity index is 1160. The predicted molar refractivity (Wildman–Crippen MR) is 124 cm³/mol. The summed E-state index contributed by atoms with van der Waals surface area (Å²) in [6.45, 7) is 4.86. The third kappa shape index (κ3) is 5.75. The minimum Gasteiger partial charge on any atom is -0.507 e. The number of ether oxygens (including phenoxy) is 2. The molecule has 33 heavy (non-hydrogen) atoms. The number of carbonyl (C=O) groups is 3. The lowest BCUT2D eigenvalue weighted by Gasteiger charge is -2.20. The van der Waals surface area contributed by atoms with Gasteiger partial charge in [0.2, 0.25) is 0 Å². The molecule has 0 fully saturated rings. The van der Waals surface area contributed by atoms with Gasteiger partial charge in [0.15, 0.2) is 11.7 Å². The van der Waals surface area contributed by atoms with E-state index in [0.717, 1.165) is 16.9 Å². The maximum Gasteiger partial charge on any atom is 0.350 e. The molecule has 1 amide bonds. The Morgan fingerprint density at radius 2 is 1.73 bits per heavy atom. The topological polar surface area (TPSA) is 106 Å². The van der Waals surface area contributed by atoms with Gasteiger partial charge in [0.1, 0.15) is 16.2 Å². The first-order chi connectivity index (χ1) is 15.8. The van der Waals surface area contributed by atoms with Crippen LogP contribution in [0.2, 0.25) is 0 Å². The molecule has 0 aliphatic carbocycles. The first-order valence-electron chi connectivity index (χ1n) is 10.3. The normalized spacial score (nSPS) is 10.5. The quantitative estimate of drug-likeness (QED) is 0.498. The number of nitrogens with zero attached hydrogens (tertiary/aromatic N) is 2. The van der Waals surface area contributed by atoms with E-state index in [1.165, 1.54) is 11.0 Å². The van der Waals surface area contributed by atoms with E-state index >= 15 is 0 Å². The number of carbonyl (C=O) groups excluding carboxylic acids is 3. The standard InChI is InChI=1S/C24H24N2O6S/c1-4-31-23(30)21-16(3)25-24(33-21)26(13-17-10-6-5-7-11-17)19(27)14-32-22(29)18-12-8-9-15(2)20(18)28/h5-12,28H,4,13-14H2,1-3H3. The van der Waals surface area contributed by atoms with Crippen LogP contribution in [0.1, 0.15) is 43.8 Å². The lowest BCUT2D eigenvalue weighted by atomic mass is 10.1. The lowest BCUT2D eigenvalue weighted by molar-refractivity contribution is -0.121. The molecule has 1 aromatic heterocycles. The zero-order valence-electron chi connectivity index (χ0n) is 18.5. The first-order valence-corrected chi connectivity index (χ1v) is 11.1. The van der Waals surface area contributed by atoms with Gasteiger partial charge >= 0.3 is 11.9 Å². The number of amides is 1. The molecule has 8 nitrogen and oxygen atoms in total. The van der Waals surface area contributed by atoms with Crippen LogP contribution in [0.15, 0.2) is 48.5 Å². The molecule has 0 bridgehead atoms. The van der Waals surface area contributed by atoms with Gasteiger partial charge in [-0.2, -0.15) is 0 Å². The fourth-order valence-corrected chi connectivity index (χ4v) is 4.00. The number of thiazole rings is 1. The van der Waals surface area contributed by atoms with E-state index in [1.807, 2.05) is 30.3 Å². The molecule has 0 atom stereocenters. The monoisotopic (exact) mass is 468 g/mol. The van der Waals surface area contributed by atoms with Gasteiger partial charge < -0.3 is 14.6 Å². The SMILES string of the molecule is CCOC(=O)c1sc(N(Cc2ccccc2)C(=O)COC(=O)c2cccc(C)c2O)nc1C. The van der Waals surface area contributed by atoms with Crippen molar-refractivity contribution in [3.8, 4) is 5.75 Å². The van der Waals surface area contributed by atoms with E-state index in [1.54, 1.807) is 32.9 Å². The third-order valence-electron chi connectivity index (χ3n) is 4.75. The van der Waals surface area contributed by atoms with Crippen molar-refractivity contribution >= 4 is 34.3 Å². The van der Waals surface area contributed by atoms with E-state index < -0.39 is 24.5 Å². The summed E-state index contributed by atoms with van der Waals surface area (Å²) in [5, 5.41) is 10.4. The van der Waals surface area contributed by atoms with Crippen molar-refractivity contribution in [2.24, 2.45) is 0 Å². The second kappa shape index (κ2) is 10.7. The highest BCUT2D eigenvalue weighted by Crippen LogP contribution is 2.28. The van der Waals surface area contributed by atoms with Gasteiger partial charge in [-0.15, -0.1) is 0 Å². The maximum absolute atomic E-state index is 13.1. The molecule has 0 aliphatic rings. The lowest BCUT2D eigenvalue weighted by Crippen LogP contribution is -2.34. The smallest absolute Gasteiger partial charge is 0.350 e. The van der Waals surface area contributed by atoms with Crippen LogP contribution in [-0.2, 0) is 20.8 Å². The second-order valence-electron chi connectivity index (χ2n) is 7.14. The van der Waals surface area contributed by atoms with Crippen LogP contribution in [-0.4, -0.2) is 41.2 Å². The number of aromatic nitrogens is 1. The molecule has 2 aromatic carbocycles. The minimum atomic E-state index is -0.813. The summed E-state index contributed by atoms with van der Waals surface area (Å²) in [5.41, 5.74) is 1.78. The fourth-order valence-electron chi connectivity index (χ4n) is 3.02. The van der Waals surface area contributed by atoms with Gasteiger partial charge in [0, 0.05) is 0 Å². The fraction of sp³-hybridized carbons (Fsp3) is 0.250. The number of phenolic OH excluding ortho intramolecular Hbond substituents is 1. The molecule has 3 aromatic rings. The largest absolute Gasteiger partial charge is 0.507 e. The average molecular weight is 469 g/mol. The zero-order chi connectivity index (χ0) is 24.0. The molecule has 0 unspecified atom stereocenters. The van der Waals surface area contributed by atoms with Gasteiger partial charge in [-0.05, 0) is 38.0 Å². The number of benzene rings is 2. The number of para-hydroxylation sites is 1.